The third kappa shape index (κ3) is 7.55. The van der Waals surface area contributed by atoms with E-state index in [9.17, 15) is 18.7 Å². The molecule has 0 amide bonds. The van der Waals surface area contributed by atoms with Crippen molar-refractivity contribution >= 4 is 28.6 Å². The van der Waals surface area contributed by atoms with E-state index in [0.717, 1.165) is 11.8 Å². The van der Waals surface area contributed by atoms with Crippen LogP contribution in [0.25, 0.3) is 11.0 Å². The minimum Gasteiger partial charge on any atom is -0.490 e. The predicted octanol–water partition coefficient (Wildman–Crippen LogP) is 6.62. The van der Waals surface area contributed by atoms with Crippen molar-refractivity contribution in [3.8, 4) is 11.5 Å². The Hall–Kier alpha value is -4.55. The zero-order valence-electron chi connectivity index (χ0n) is 25.6. The van der Waals surface area contributed by atoms with Gasteiger partial charge in [-0.3, -0.25) is 9.69 Å². The summed E-state index contributed by atoms with van der Waals surface area (Å²) >= 11 is 5.79. The highest BCUT2D eigenvalue weighted by Gasteiger charge is 2.24. The van der Waals surface area contributed by atoms with Crippen LogP contribution in [0.2, 0.25) is 5.02 Å². The number of piperidine rings is 1. The maximum absolute atomic E-state index is 15.2. The number of aliphatic carboxylic acids is 1. The van der Waals surface area contributed by atoms with Crippen LogP contribution in [0.4, 0.5) is 13.2 Å². The van der Waals surface area contributed by atoms with Gasteiger partial charge in [-0.25, -0.2) is 23.1 Å². The van der Waals surface area contributed by atoms with E-state index in [1.165, 1.54) is 24.3 Å². The summed E-state index contributed by atoms with van der Waals surface area (Å²) in [5.41, 5.74) is 2.26. The number of halogens is 4. The molecule has 0 radical (unpaired) electrons. The third-order valence-corrected chi connectivity index (χ3v) is 8.49. The molecular formula is C34H33ClF3N5O4. The van der Waals surface area contributed by atoms with Crippen molar-refractivity contribution in [3.05, 3.63) is 106 Å². The van der Waals surface area contributed by atoms with E-state index in [4.69, 9.17) is 21.1 Å². The standard InChI is InChI=1S/C34H33ClF3N5O4/c1-2-42-20-39-16-24(42)17-43-30-12-21(13-33(44)45)11-29(38)34(30)40-32(43)18-41-9-7-25(8-10-41)47-26-4-5-27(36)22(14-26)19-46-31-6-3-23(35)15-28(31)37/h3-6,11-12,14-16,20,25H,2,7-10,13,17-19H2,1H3,(H,44,45). The first-order valence-corrected chi connectivity index (χ1v) is 15.7. The van der Waals surface area contributed by atoms with Gasteiger partial charge < -0.3 is 23.7 Å². The first-order valence-electron chi connectivity index (χ1n) is 15.3. The van der Waals surface area contributed by atoms with Gasteiger partial charge in [-0.1, -0.05) is 11.6 Å². The highest BCUT2D eigenvalue weighted by Crippen LogP contribution is 2.28. The van der Waals surface area contributed by atoms with Gasteiger partial charge in [-0.2, -0.15) is 0 Å². The van der Waals surface area contributed by atoms with Crippen LogP contribution in [-0.2, 0) is 37.5 Å². The quantitative estimate of drug-likeness (QED) is 0.160. The number of aryl methyl sites for hydroxylation is 1. The molecule has 0 atom stereocenters. The van der Waals surface area contributed by atoms with Crippen LogP contribution in [0.3, 0.4) is 0 Å². The van der Waals surface area contributed by atoms with E-state index < -0.39 is 23.4 Å². The van der Waals surface area contributed by atoms with Crippen LogP contribution < -0.4 is 9.47 Å². The molecule has 9 nitrogen and oxygen atoms in total. The van der Waals surface area contributed by atoms with Crippen molar-refractivity contribution in [2.45, 2.75) is 58.5 Å². The van der Waals surface area contributed by atoms with Gasteiger partial charge >= 0.3 is 5.97 Å². The van der Waals surface area contributed by atoms with Crippen molar-refractivity contribution in [1.29, 1.82) is 0 Å². The van der Waals surface area contributed by atoms with Gasteiger partial charge in [-0.15, -0.1) is 0 Å². The molecule has 3 aromatic carbocycles. The second-order valence-corrected chi connectivity index (χ2v) is 11.9. The van der Waals surface area contributed by atoms with Crippen molar-refractivity contribution in [2.75, 3.05) is 13.1 Å². The summed E-state index contributed by atoms with van der Waals surface area (Å²) < 4.78 is 59.5. The number of likely N-dealkylation sites (tertiary alicyclic amines) is 1. The van der Waals surface area contributed by atoms with E-state index in [1.807, 2.05) is 16.1 Å². The monoisotopic (exact) mass is 667 g/mol. The minimum absolute atomic E-state index is 0.0274. The van der Waals surface area contributed by atoms with Gasteiger partial charge in [0.2, 0.25) is 0 Å². The van der Waals surface area contributed by atoms with Crippen molar-refractivity contribution < 1.29 is 32.5 Å². The number of carbonyl (C=O) groups is 1. The van der Waals surface area contributed by atoms with E-state index in [-0.39, 0.29) is 41.0 Å². The molecule has 0 bridgehead atoms. The van der Waals surface area contributed by atoms with E-state index in [0.29, 0.717) is 68.2 Å². The highest BCUT2D eigenvalue weighted by atomic mass is 35.5. The Morgan fingerprint density at radius 2 is 1.83 bits per heavy atom. The first kappa shape index (κ1) is 32.4. The van der Waals surface area contributed by atoms with Gasteiger partial charge in [0.25, 0.3) is 0 Å². The van der Waals surface area contributed by atoms with Gasteiger partial charge in [-0.05, 0) is 73.9 Å². The second kappa shape index (κ2) is 14.1. The van der Waals surface area contributed by atoms with Crippen LogP contribution in [0.15, 0.2) is 61.1 Å². The Labute approximate surface area is 274 Å². The number of hydrogen-bond acceptors (Lipinski definition) is 6. The molecule has 1 fully saturated rings. The maximum Gasteiger partial charge on any atom is 0.307 e. The number of ether oxygens (including phenoxy) is 2. The number of rotatable bonds is 12. The van der Waals surface area contributed by atoms with Crippen LogP contribution in [-0.4, -0.2) is 54.3 Å². The number of benzene rings is 3. The van der Waals surface area contributed by atoms with Crippen molar-refractivity contribution in [1.82, 2.24) is 24.0 Å². The van der Waals surface area contributed by atoms with Gasteiger partial charge in [0.15, 0.2) is 17.4 Å². The summed E-state index contributed by atoms with van der Waals surface area (Å²) in [4.78, 5) is 22.5. The number of aromatic nitrogens is 4. The Kier molecular flexibility index (Phi) is 9.69. The van der Waals surface area contributed by atoms with Gasteiger partial charge in [0.1, 0.15) is 35.6 Å². The molecule has 0 saturated carbocycles. The summed E-state index contributed by atoms with van der Waals surface area (Å²) in [5.74, 6) is -1.59. The average Bonchev–Trinajstić information content (AvgIpc) is 3.63. The zero-order valence-corrected chi connectivity index (χ0v) is 26.4. The third-order valence-electron chi connectivity index (χ3n) is 8.26. The Bertz CT molecular complexity index is 1900. The highest BCUT2D eigenvalue weighted by molar-refractivity contribution is 6.30. The molecule has 5 aromatic rings. The molecule has 2 aromatic heterocycles. The first-order chi connectivity index (χ1) is 22.7. The molecule has 1 aliphatic heterocycles. The van der Waals surface area contributed by atoms with E-state index in [2.05, 4.69) is 14.9 Å². The number of nitrogens with zero attached hydrogens (tertiary/aromatic N) is 5. The summed E-state index contributed by atoms with van der Waals surface area (Å²) in [6, 6.07) is 11.4. The molecule has 0 aliphatic carbocycles. The summed E-state index contributed by atoms with van der Waals surface area (Å²) in [7, 11) is 0. The number of fused-ring (bicyclic) bond motifs is 1. The van der Waals surface area contributed by atoms with Crippen LogP contribution in [0, 0.1) is 17.5 Å². The van der Waals surface area contributed by atoms with Gasteiger partial charge in [0.05, 0.1) is 37.0 Å². The fraction of sp³-hybridized carbons (Fsp3) is 0.324. The summed E-state index contributed by atoms with van der Waals surface area (Å²) in [6.45, 7) is 4.76. The Morgan fingerprint density at radius 3 is 2.57 bits per heavy atom. The second-order valence-electron chi connectivity index (χ2n) is 11.5. The molecule has 3 heterocycles. The number of carboxylic acids is 1. The lowest BCUT2D eigenvalue weighted by molar-refractivity contribution is -0.136. The topological polar surface area (TPSA) is 94.6 Å². The molecule has 246 valence electrons. The molecule has 1 saturated heterocycles. The van der Waals surface area contributed by atoms with Crippen LogP contribution in [0.1, 0.15) is 42.4 Å². The number of carboxylic acid groups (broad SMARTS) is 1. The molecule has 13 heteroatoms. The lowest BCUT2D eigenvalue weighted by Gasteiger charge is -2.32. The van der Waals surface area contributed by atoms with E-state index in [1.54, 1.807) is 30.7 Å². The smallest absolute Gasteiger partial charge is 0.307 e. The minimum atomic E-state index is -1.04. The molecular weight excluding hydrogens is 635 g/mol. The molecule has 1 aliphatic rings. The SMILES string of the molecule is CCn1cncc1Cn1c(CN2CCC(Oc3ccc(F)c(COc4ccc(Cl)cc4F)c3)CC2)nc2c(F)cc(CC(=O)O)cc21. The normalized spacial score (nSPS) is 14.1. The number of hydrogen-bond donors (Lipinski definition) is 1. The summed E-state index contributed by atoms with van der Waals surface area (Å²) in [5, 5.41) is 9.55. The fourth-order valence-electron chi connectivity index (χ4n) is 5.84. The predicted molar refractivity (Wildman–Crippen MR) is 169 cm³/mol. The molecule has 47 heavy (non-hydrogen) atoms. The zero-order chi connectivity index (χ0) is 33.1. The number of imidazole rings is 2. The fourth-order valence-corrected chi connectivity index (χ4v) is 6.00. The lowest BCUT2D eigenvalue weighted by Crippen LogP contribution is -2.38. The Morgan fingerprint density at radius 1 is 1.02 bits per heavy atom. The van der Waals surface area contributed by atoms with Crippen molar-refractivity contribution in [2.24, 2.45) is 0 Å². The molecule has 0 spiro atoms. The average molecular weight is 668 g/mol. The lowest BCUT2D eigenvalue weighted by atomic mass is 10.1. The van der Waals surface area contributed by atoms with E-state index >= 15 is 4.39 Å². The van der Waals surface area contributed by atoms with Gasteiger partial charge in [0, 0.05) is 36.4 Å². The van der Waals surface area contributed by atoms with Crippen LogP contribution in [0.5, 0.6) is 11.5 Å². The molecule has 0 unspecified atom stereocenters. The molecule has 6 rings (SSSR count). The molecule has 1 N–H and O–H groups in total. The van der Waals surface area contributed by atoms with Crippen molar-refractivity contribution in [3.63, 3.8) is 0 Å². The summed E-state index contributed by atoms with van der Waals surface area (Å²) in [6.07, 6.45) is 4.48. The maximum atomic E-state index is 15.2. The Balaban J connectivity index is 1.13. The largest absolute Gasteiger partial charge is 0.490 e. The van der Waals surface area contributed by atoms with Crippen LogP contribution >= 0.6 is 11.6 Å².